The Morgan fingerprint density at radius 3 is 2.41 bits per heavy atom. The number of carbonyl (C=O) groups is 1. The Balaban J connectivity index is 1.54. The lowest BCUT2D eigenvalue weighted by atomic mass is 10.2. The van der Waals surface area contributed by atoms with Crippen molar-refractivity contribution in [2.24, 2.45) is 0 Å². The molecule has 3 rings (SSSR count). The Labute approximate surface area is 165 Å². The van der Waals surface area contributed by atoms with E-state index in [4.69, 9.17) is 16.3 Å². The highest BCUT2D eigenvalue weighted by Gasteiger charge is 2.18. The maximum absolute atomic E-state index is 12.6. The summed E-state index contributed by atoms with van der Waals surface area (Å²) in [6.45, 7) is 5.91. The van der Waals surface area contributed by atoms with Crippen molar-refractivity contribution in [2.75, 3.05) is 43.6 Å². The topological polar surface area (TPSA) is 44.8 Å². The average Bonchev–Trinajstić information content (AvgIpc) is 2.70. The molecular formula is C21H26ClN3O2. The first-order valence-electron chi connectivity index (χ1n) is 9.21. The minimum atomic E-state index is -0.250. The summed E-state index contributed by atoms with van der Waals surface area (Å²) in [5.41, 5.74) is 3.09. The van der Waals surface area contributed by atoms with Crippen LogP contribution in [0.25, 0.3) is 0 Å². The molecule has 144 valence electrons. The fourth-order valence-corrected chi connectivity index (χ4v) is 3.16. The lowest BCUT2D eigenvalue weighted by molar-refractivity contribution is -0.120. The highest BCUT2D eigenvalue weighted by Crippen LogP contribution is 2.19. The molecule has 1 aliphatic heterocycles. The van der Waals surface area contributed by atoms with Crippen molar-refractivity contribution in [3.05, 3.63) is 59.1 Å². The van der Waals surface area contributed by atoms with Crippen LogP contribution >= 0.6 is 11.6 Å². The van der Waals surface area contributed by atoms with E-state index in [0.717, 1.165) is 43.2 Å². The quantitative estimate of drug-likeness (QED) is 0.822. The number of nitrogens with zero attached hydrogens (tertiary/aromatic N) is 2. The van der Waals surface area contributed by atoms with Crippen LogP contribution in [0.4, 0.5) is 11.4 Å². The first-order chi connectivity index (χ1) is 13.0. The Bertz CT molecular complexity index is 743. The van der Waals surface area contributed by atoms with Crippen LogP contribution in [0.3, 0.4) is 0 Å². The smallest absolute Gasteiger partial charge is 0.241 e. The summed E-state index contributed by atoms with van der Waals surface area (Å²) < 4.78 is 5.38. The molecule has 1 aliphatic rings. The predicted molar refractivity (Wildman–Crippen MR) is 110 cm³/mol. The van der Waals surface area contributed by atoms with Gasteiger partial charge in [0.25, 0.3) is 0 Å². The van der Waals surface area contributed by atoms with Gasteiger partial charge in [-0.1, -0.05) is 23.7 Å². The van der Waals surface area contributed by atoms with Crippen molar-refractivity contribution < 1.29 is 9.53 Å². The van der Waals surface area contributed by atoms with Crippen LogP contribution in [0.2, 0.25) is 5.02 Å². The van der Waals surface area contributed by atoms with E-state index < -0.39 is 0 Å². The Hall–Kier alpha value is -2.08. The van der Waals surface area contributed by atoms with Gasteiger partial charge in [0, 0.05) is 36.0 Å². The molecule has 0 aromatic heterocycles. The van der Waals surface area contributed by atoms with E-state index in [1.807, 2.05) is 67.4 Å². The maximum Gasteiger partial charge on any atom is 0.241 e. The monoisotopic (exact) mass is 387 g/mol. The lowest BCUT2D eigenvalue weighted by Gasteiger charge is -2.29. The first-order valence-corrected chi connectivity index (χ1v) is 9.59. The second-order valence-corrected chi connectivity index (χ2v) is 7.29. The van der Waals surface area contributed by atoms with Crippen LogP contribution in [-0.2, 0) is 16.1 Å². The second kappa shape index (κ2) is 9.22. The molecule has 0 spiro atoms. The molecule has 0 radical (unpaired) electrons. The third-order valence-electron chi connectivity index (χ3n) is 4.90. The van der Waals surface area contributed by atoms with Crippen molar-refractivity contribution in [3.8, 4) is 0 Å². The van der Waals surface area contributed by atoms with Crippen LogP contribution in [-0.4, -0.2) is 50.2 Å². The van der Waals surface area contributed by atoms with Crippen LogP contribution in [0, 0.1) is 0 Å². The average molecular weight is 388 g/mol. The van der Waals surface area contributed by atoms with Crippen LogP contribution in [0.1, 0.15) is 12.5 Å². The molecule has 1 N–H and O–H groups in total. The Morgan fingerprint density at radius 1 is 1.15 bits per heavy atom. The third-order valence-corrected chi connectivity index (χ3v) is 5.15. The largest absolute Gasteiger partial charge is 0.378 e. The van der Waals surface area contributed by atoms with Gasteiger partial charge in [-0.15, -0.1) is 0 Å². The second-order valence-electron chi connectivity index (χ2n) is 6.85. The molecule has 5 nitrogen and oxygen atoms in total. The number of anilines is 2. The number of hydrogen-bond acceptors (Lipinski definition) is 4. The molecule has 2 aromatic rings. The van der Waals surface area contributed by atoms with Gasteiger partial charge in [0.1, 0.15) is 0 Å². The van der Waals surface area contributed by atoms with Crippen molar-refractivity contribution in [1.29, 1.82) is 0 Å². The number of halogens is 1. The minimum absolute atomic E-state index is 0.0226. The number of morpholine rings is 1. The predicted octanol–water partition coefficient (Wildman–Crippen LogP) is 3.64. The van der Waals surface area contributed by atoms with Crippen LogP contribution < -0.4 is 10.2 Å². The summed E-state index contributed by atoms with van der Waals surface area (Å²) >= 11 is 5.93. The van der Waals surface area contributed by atoms with Crippen molar-refractivity contribution in [2.45, 2.75) is 19.5 Å². The van der Waals surface area contributed by atoms with E-state index in [1.54, 1.807) is 0 Å². The van der Waals surface area contributed by atoms with Crippen molar-refractivity contribution >= 4 is 28.9 Å². The van der Waals surface area contributed by atoms with Crippen molar-refractivity contribution in [1.82, 2.24) is 4.90 Å². The number of amides is 1. The van der Waals surface area contributed by atoms with E-state index in [0.29, 0.717) is 11.6 Å². The number of ether oxygens (including phenoxy) is 1. The number of rotatable bonds is 6. The maximum atomic E-state index is 12.6. The fraction of sp³-hybridized carbons (Fsp3) is 0.381. The molecule has 1 saturated heterocycles. The van der Waals surface area contributed by atoms with E-state index >= 15 is 0 Å². The molecule has 1 atom stereocenters. The molecule has 0 bridgehead atoms. The number of carbonyl (C=O) groups excluding carboxylic acids is 1. The zero-order valence-electron chi connectivity index (χ0n) is 15.8. The van der Waals surface area contributed by atoms with Gasteiger partial charge in [-0.3, -0.25) is 9.69 Å². The van der Waals surface area contributed by atoms with E-state index in [2.05, 4.69) is 10.2 Å². The third kappa shape index (κ3) is 5.45. The van der Waals surface area contributed by atoms with Gasteiger partial charge in [-0.25, -0.2) is 0 Å². The molecule has 0 aliphatic carbocycles. The van der Waals surface area contributed by atoms with Gasteiger partial charge in [0.15, 0.2) is 0 Å². The number of nitrogens with one attached hydrogen (secondary N) is 1. The highest BCUT2D eigenvalue weighted by atomic mass is 35.5. The number of hydrogen-bond donors (Lipinski definition) is 1. The van der Waals surface area contributed by atoms with Gasteiger partial charge in [0.2, 0.25) is 5.91 Å². The number of likely N-dealkylation sites (N-methyl/N-ethyl adjacent to an activating group) is 1. The molecule has 2 aromatic carbocycles. The molecule has 1 fully saturated rings. The molecule has 6 heteroatoms. The zero-order chi connectivity index (χ0) is 19.2. The van der Waals surface area contributed by atoms with E-state index in [-0.39, 0.29) is 11.9 Å². The lowest BCUT2D eigenvalue weighted by Crippen LogP contribution is -2.39. The van der Waals surface area contributed by atoms with E-state index in [9.17, 15) is 4.79 Å². The van der Waals surface area contributed by atoms with Gasteiger partial charge in [-0.2, -0.15) is 0 Å². The summed E-state index contributed by atoms with van der Waals surface area (Å²) in [6.07, 6.45) is 0. The van der Waals surface area contributed by atoms with Crippen molar-refractivity contribution in [3.63, 3.8) is 0 Å². The van der Waals surface area contributed by atoms with E-state index in [1.165, 1.54) is 0 Å². The molecule has 1 amide bonds. The fourth-order valence-electron chi connectivity index (χ4n) is 3.04. The Kier molecular flexibility index (Phi) is 6.72. The minimum Gasteiger partial charge on any atom is -0.378 e. The number of benzene rings is 2. The summed E-state index contributed by atoms with van der Waals surface area (Å²) in [6, 6.07) is 15.4. The summed E-state index contributed by atoms with van der Waals surface area (Å²) in [4.78, 5) is 16.9. The highest BCUT2D eigenvalue weighted by molar-refractivity contribution is 6.30. The normalized spacial score (nSPS) is 15.6. The first kappa shape index (κ1) is 19.7. The molecule has 0 unspecified atom stereocenters. The SMILES string of the molecule is C[C@@H](C(=O)Nc1ccc(N2CCOCC2)cc1)N(C)Cc1ccc(Cl)cc1. The summed E-state index contributed by atoms with van der Waals surface area (Å²) in [7, 11) is 1.94. The van der Waals surface area contributed by atoms with Crippen LogP contribution in [0.5, 0.6) is 0 Å². The van der Waals surface area contributed by atoms with Gasteiger partial charge in [0.05, 0.1) is 19.3 Å². The van der Waals surface area contributed by atoms with Crippen LogP contribution in [0.15, 0.2) is 48.5 Å². The molecular weight excluding hydrogens is 362 g/mol. The Morgan fingerprint density at radius 2 is 1.78 bits per heavy atom. The zero-order valence-corrected chi connectivity index (χ0v) is 16.6. The van der Waals surface area contributed by atoms with Gasteiger partial charge < -0.3 is 15.0 Å². The van der Waals surface area contributed by atoms with Gasteiger partial charge >= 0.3 is 0 Å². The molecule has 27 heavy (non-hydrogen) atoms. The molecule has 1 heterocycles. The molecule has 0 saturated carbocycles. The summed E-state index contributed by atoms with van der Waals surface area (Å²) in [5, 5.41) is 3.72. The van der Waals surface area contributed by atoms with Gasteiger partial charge in [-0.05, 0) is 55.9 Å². The summed E-state index contributed by atoms with van der Waals surface area (Å²) in [5.74, 6) is -0.0226. The standard InChI is InChI=1S/C21H26ClN3O2/c1-16(24(2)15-17-3-5-18(22)6-4-17)21(26)23-19-7-9-20(10-8-19)25-11-13-27-14-12-25/h3-10,16H,11-15H2,1-2H3,(H,23,26)/t16-/m0/s1.